The molecule has 0 heterocycles. The lowest BCUT2D eigenvalue weighted by atomic mass is 10.1. The number of carbonyl (C=O) groups is 2. The molecule has 0 bridgehead atoms. The van der Waals surface area contributed by atoms with Gasteiger partial charge in [0.05, 0.1) is 12.9 Å². The van der Waals surface area contributed by atoms with Gasteiger partial charge in [0.1, 0.15) is 11.8 Å². The normalized spacial score (nSPS) is 11.8. The van der Waals surface area contributed by atoms with Crippen LogP contribution < -0.4 is 10.1 Å². The second-order valence-corrected chi connectivity index (χ2v) is 8.69. The molecule has 2 aromatic rings. The first-order valence-corrected chi connectivity index (χ1v) is 11.4. The smallest absolute Gasteiger partial charge is 0.242 e. The van der Waals surface area contributed by atoms with Crippen molar-refractivity contribution in [2.75, 3.05) is 12.9 Å². The fourth-order valence-electron chi connectivity index (χ4n) is 2.90. The Bertz CT molecular complexity index is 860. The lowest BCUT2D eigenvalue weighted by Gasteiger charge is -2.29. The van der Waals surface area contributed by atoms with E-state index in [9.17, 15) is 9.59 Å². The van der Waals surface area contributed by atoms with Crippen molar-refractivity contribution in [3.63, 3.8) is 0 Å². The van der Waals surface area contributed by atoms with Crippen LogP contribution in [0.25, 0.3) is 0 Å². The Labute approximate surface area is 188 Å². The Kier molecular flexibility index (Phi) is 9.53. The first-order valence-electron chi connectivity index (χ1n) is 9.85. The first-order chi connectivity index (χ1) is 14.3. The van der Waals surface area contributed by atoms with Crippen LogP contribution >= 0.6 is 23.4 Å². The van der Waals surface area contributed by atoms with E-state index in [-0.39, 0.29) is 23.6 Å². The molecule has 0 aliphatic heterocycles. The summed E-state index contributed by atoms with van der Waals surface area (Å²) < 4.78 is 5.28. The van der Waals surface area contributed by atoms with Crippen LogP contribution in [0.5, 0.6) is 5.75 Å². The van der Waals surface area contributed by atoms with Crippen LogP contribution in [-0.4, -0.2) is 41.7 Å². The molecular formula is C23H29ClN2O3S. The van der Waals surface area contributed by atoms with Gasteiger partial charge in [-0.3, -0.25) is 9.59 Å². The number of amides is 2. The van der Waals surface area contributed by atoms with Crippen molar-refractivity contribution in [2.24, 2.45) is 0 Å². The number of hydrogen-bond donors (Lipinski definition) is 1. The summed E-state index contributed by atoms with van der Waals surface area (Å²) >= 11 is 7.69. The van der Waals surface area contributed by atoms with E-state index in [2.05, 4.69) is 5.32 Å². The number of carbonyl (C=O) groups excluding carboxylic acids is 2. The quantitative estimate of drug-likeness (QED) is 0.580. The highest BCUT2D eigenvalue weighted by Gasteiger charge is 2.26. The lowest BCUT2D eigenvalue weighted by Crippen LogP contribution is -2.49. The number of hydrogen-bond acceptors (Lipinski definition) is 4. The van der Waals surface area contributed by atoms with E-state index in [4.69, 9.17) is 16.3 Å². The molecule has 1 unspecified atom stereocenters. The van der Waals surface area contributed by atoms with Crippen LogP contribution in [0.15, 0.2) is 48.5 Å². The zero-order valence-corrected chi connectivity index (χ0v) is 19.4. The number of ether oxygens (including phenoxy) is 1. The summed E-state index contributed by atoms with van der Waals surface area (Å²) in [6, 6.07) is 14.5. The molecular weight excluding hydrogens is 420 g/mol. The molecule has 2 aromatic carbocycles. The summed E-state index contributed by atoms with van der Waals surface area (Å²) in [5, 5.41) is 3.58. The molecule has 2 amide bonds. The summed E-state index contributed by atoms with van der Waals surface area (Å²) in [5.41, 5.74) is 1.89. The molecule has 7 heteroatoms. The van der Waals surface area contributed by atoms with Gasteiger partial charge in [0, 0.05) is 23.4 Å². The molecule has 0 aliphatic carbocycles. The first kappa shape index (κ1) is 24.1. The van der Waals surface area contributed by atoms with Crippen LogP contribution in [0, 0.1) is 0 Å². The summed E-state index contributed by atoms with van der Waals surface area (Å²) in [6.07, 6.45) is 0. The van der Waals surface area contributed by atoms with Gasteiger partial charge in [-0.1, -0.05) is 41.9 Å². The Balaban J connectivity index is 2.11. The molecule has 0 radical (unpaired) electrons. The molecule has 30 heavy (non-hydrogen) atoms. The maximum Gasteiger partial charge on any atom is 0.242 e. The predicted molar refractivity (Wildman–Crippen MR) is 124 cm³/mol. The van der Waals surface area contributed by atoms with Crippen molar-refractivity contribution < 1.29 is 14.3 Å². The van der Waals surface area contributed by atoms with E-state index in [1.54, 1.807) is 18.9 Å². The summed E-state index contributed by atoms with van der Waals surface area (Å²) in [5.74, 6) is 1.34. The maximum absolute atomic E-state index is 13.1. The SMILES string of the molecule is COc1cccc(CN(C(=O)CSCc2ccccc2Cl)C(C)C(=O)NC(C)C)c1. The number of nitrogens with one attached hydrogen (secondary N) is 1. The minimum absolute atomic E-state index is 0.00307. The third-order valence-electron chi connectivity index (χ3n) is 4.53. The van der Waals surface area contributed by atoms with Crippen LogP contribution in [0.2, 0.25) is 5.02 Å². The van der Waals surface area contributed by atoms with Crippen molar-refractivity contribution in [1.82, 2.24) is 10.2 Å². The second-order valence-electron chi connectivity index (χ2n) is 7.30. The minimum Gasteiger partial charge on any atom is -0.497 e. The number of methoxy groups -OCH3 is 1. The molecule has 0 aromatic heterocycles. The average Bonchev–Trinajstić information content (AvgIpc) is 2.72. The van der Waals surface area contributed by atoms with Crippen LogP contribution in [0.1, 0.15) is 31.9 Å². The molecule has 0 fully saturated rings. The molecule has 0 spiro atoms. The van der Waals surface area contributed by atoms with Gasteiger partial charge in [-0.25, -0.2) is 0 Å². The van der Waals surface area contributed by atoms with E-state index < -0.39 is 6.04 Å². The van der Waals surface area contributed by atoms with Crippen molar-refractivity contribution in [1.29, 1.82) is 0 Å². The van der Waals surface area contributed by atoms with Gasteiger partial charge < -0.3 is 15.0 Å². The summed E-state index contributed by atoms with van der Waals surface area (Å²) in [4.78, 5) is 27.3. The average molecular weight is 449 g/mol. The lowest BCUT2D eigenvalue weighted by molar-refractivity contribution is -0.138. The van der Waals surface area contributed by atoms with Gasteiger partial charge in [-0.05, 0) is 50.1 Å². The van der Waals surface area contributed by atoms with Gasteiger partial charge in [0.25, 0.3) is 0 Å². The number of thioether (sulfide) groups is 1. The van der Waals surface area contributed by atoms with E-state index in [0.717, 1.165) is 11.1 Å². The van der Waals surface area contributed by atoms with Gasteiger partial charge >= 0.3 is 0 Å². The largest absolute Gasteiger partial charge is 0.497 e. The molecule has 5 nitrogen and oxygen atoms in total. The number of rotatable bonds is 10. The molecule has 1 atom stereocenters. The van der Waals surface area contributed by atoms with Crippen molar-refractivity contribution in [3.05, 3.63) is 64.7 Å². The Hall–Kier alpha value is -2.18. The summed E-state index contributed by atoms with van der Waals surface area (Å²) in [6.45, 7) is 5.89. The third-order valence-corrected chi connectivity index (χ3v) is 5.86. The standard InChI is InChI=1S/C23H29ClN2O3S/c1-16(2)25-23(28)17(3)26(13-18-8-7-10-20(12-18)29-4)22(27)15-30-14-19-9-5-6-11-21(19)24/h5-12,16-17H,13-15H2,1-4H3,(H,25,28). The van der Waals surface area contributed by atoms with Gasteiger partial charge in [0.2, 0.25) is 11.8 Å². The minimum atomic E-state index is -0.591. The van der Waals surface area contributed by atoms with Crippen molar-refractivity contribution >= 4 is 35.2 Å². The fourth-order valence-corrected chi connectivity index (χ4v) is 4.10. The zero-order valence-electron chi connectivity index (χ0n) is 17.9. The molecule has 0 aliphatic rings. The molecule has 162 valence electrons. The molecule has 0 saturated carbocycles. The number of halogens is 1. The van der Waals surface area contributed by atoms with E-state index >= 15 is 0 Å². The zero-order chi connectivity index (χ0) is 22.1. The Morgan fingerprint density at radius 3 is 2.53 bits per heavy atom. The third kappa shape index (κ3) is 7.26. The van der Waals surface area contributed by atoms with Gasteiger partial charge in [-0.15, -0.1) is 11.8 Å². The molecule has 2 rings (SSSR count). The Morgan fingerprint density at radius 2 is 1.87 bits per heavy atom. The van der Waals surface area contributed by atoms with Gasteiger partial charge in [-0.2, -0.15) is 0 Å². The van der Waals surface area contributed by atoms with Gasteiger partial charge in [0.15, 0.2) is 0 Å². The Morgan fingerprint density at radius 1 is 1.13 bits per heavy atom. The van der Waals surface area contributed by atoms with E-state index in [1.807, 2.05) is 62.4 Å². The summed E-state index contributed by atoms with van der Waals surface area (Å²) in [7, 11) is 1.60. The molecule has 1 N–H and O–H groups in total. The highest BCUT2D eigenvalue weighted by atomic mass is 35.5. The second kappa shape index (κ2) is 11.9. The van der Waals surface area contributed by atoms with Crippen LogP contribution in [-0.2, 0) is 21.9 Å². The van der Waals surface area contributed by atoms with Crippen LogP contribution in [0.4, 0.5) is 0 Å². The fraction of sp³-hybridized carbons (Fsp3) is 0.391. The topological polar surface area (TPSA) is 58.6 Å². The van der Waals surface area contributed by atoms with Crippen molar-refractivity contribution in [3.8, 4) is 5.75 Å². The number of nitrogens with zero attached hydrogens (tertiary/aromatic N) is 1. The highest BCUT2D eigenvalue weighted by Crippen LogP contribution is 2.22. The predicted octanol–water partition coefficient (Wildman–Crippen LogP) is 4.52. The van der Waals surface area contributed by atoms with E-state index in [0.29, 0.717) is 23.1 Å². The maximum atomic E-state index is 13.1. The number of benzene rings is 2. The van der Waals surface area contributed by atoms with E-state index in [1.165, 1.54) is 11.8 Å². The molecule has 0 saturated heterocycles. The van der Waals surface area contributed by atoms with Crippen LogP contribution in [0.3, 0.4) is 0 Å². The highest BCUT2D eigenvalue weighted by molar-refractivity contribution is 7.99. The van der Waals surface area contributed by atoms with Crippen molar-refractivity contribution in [2.45, 2.75) is 45.2 Å². The monoisotopic (exact) mass is 448 g/mol.